The van der Waals surface area contributed by atoms with Crippen LogP contribution in [0.15, 0.2) is 42.5 Å². The molecule has 0 atom stereocenters. The molecule has 0 aliphatic rings. The zero-order valence-electron chi connectivity index (χ0n) is 10.3. The minimum atomic E-state index is -1.17. The van der Waals surface area contributed by atoms with E-state index in [4.69, 9.17) is 9.84 Å². The van der Waals surface area contributed by atoms with Gasteiger partial charge in [-0.15, -0.1) is 0 Å². The first kappa shape index (κ1) is 12.8. The van der Waals surface area contributed by atoms with Gasteiger partial charge >= 0.3 is 5.97 Å². The number of nitrogens with one attached hydrogen (secondary N) is 1. The van der Waals surface area contributed by atoms with Gasteiger partial charge in [0.1, 0.15) is 17.1 Å². The number of methoxy groups -OCH3 is 1. The SMILES string of the molecule is COc1ccc(Nc2ccc(O)c(C(=O)O)c2)cc1. The molecule has 0 aliphatic heterocycles. The summed E-state index contributed by atoms with van der Waals surface area (Å²) in [7, 11) is 1.58. The standard InChI is InChI=1S/C14H13NO4/c1-19-11-5-2-9(3-6-11)15-10-4-7-13(16)12(8-10)14(17)18/h2-8,15-16H,1H3,(H,17,18). The van der Waals surface area contributed by atoms with E-state index in [0.717, 1.165) is 11.4 Å². The number of aromatic carboxylic acids is 1. The molecule has 0 amide bonds. The van der Waals surface area contributed by atoms with Crippen LogP contribution < -0.4 is 10.1 Å². The lowest BCUT2D eigenvalue weighted by molar-refractivity contribution is 0.0694. The molecule has 0 fully saturated rings. The summed E-state index contributed by atoms with van der Waals surface area (Å²) in [5.41, 5.74) is 1.24. The van der Waals surface area contributed by atoms with Crippen LogP contribution in [0, 0.1) is 0 Å². The molecule has 0 aliphatic carbocycles. The van der Waals surface area contributed by atoms with Crippen molar-refractivity contribution in [2.75, 3.05) is 12.4 Å². The van der Waals surface area contributed by atoms with Gasteiger partial charge in [-0.1, -0.05) is 0 Å². The fourth-order valence-corrected chi connectivity index (χ4v) is 1.63. The van der Waals surface area contributed by atoms with Crippen LogP contribution in [-0.2, 0) is 0 Å². The van der Waals surface area contributed by atoms with Crippen LogP contribution in [0.25, 0.3) is 0 Å². The monoisotopic (exact) mass is 259 g/mol. The number of hydrogen-bond donors (Lipinski definition) is 3. The fraction of sp³-hybridized carbons (Fsp3) is 0.0714. The lowest BCUT2D eigenvalue weighted by Gasteiger charge is -2.09. The van der Waals surface area contributed by atoms with E-state index in [2.05, 4.69) is 5.32 Å². The van der Waals surface area contributed by atoms with Gasteiger partial charge in [0.25, 0.3) is 0 Å². The molecule has 0 spiro atoms. The van der Waals surface area contributed by atoms with Gasteiger partial charge in [-0.3, -0.25) is 0 Å². The van der Waals surface area contributed by atoms with E-state index in [-0.39, 0.29) is 11.3 Å². The Labute approximate surface area is 110 Å². The van der Waals surface area contributed by atoms with Gasteiger partial charge in [0.2, 0.25) is 0 Å². The van der Waals surface area contributed by atoms with Crippen molar-refractivity contribution in [1.82, 2.24) is 0 Å². The van der Waals surface area contributed by atoms with E-state index in [1.54, 1.807) is 25.3 Å². The molecule has 98 valence electrons. The molecule has 2 rings (SSSR count). The highest BCUT2D eigenvalue weighted by Crippen LogP contribution is 2.25. The van der Waals surface area contributed by atoms with Gasteiger partial charge in [0, 0.05) is 11.4 Å². The Bertz CT molecular complexity index is 593. The van der Waals surface area contributed by atoms with E-state index in [0.29, 0.717) is 5.69 Å². The van der Waals surface area contributed by atoms with Gasteiger partial charge < -0.3 is 20.3 Å². The van der Waals surface area contributed by atoms with Gasteiger partial charge in [-0.25, -0.2) is 4.79 Å². The summed E-state index contributed by atoms with van der Waals surface area (Å²) < 4.78 is 5.05. The van der Waals surface area contributed by atoms with Gasteiger partial charge in [-0.2, -0.15) is 0 Å². The predicted molar refractivity (Wildman–Crippen MR) is 71.3 cm³/mol. The second-order valence-corrected chi connectivity index (χ2v) is 3.89. The Kier molecular flexibility index (Phi) is 3.56. The summed E-state index contributed by atoms with van der Waals surface area (Å²) in [6.45, 7) is 0. The summed E-state index contributed by atoms with van der Waals surface area (Å²) in [6, 6.07) is 11.5. The first-order chi connectivity index (χ1) is 9.10. The van der Waals surface area contributed by atoms with Gasteiger partial charge in [0.05, 0.1) is 7.11 Å². The van der Waals surface area contributed by atoms with Crippen molar-refractivity contribution in [2.45, 2.75) is 0 Å². The lowest BCUT2D eigenvalue weighted by Crippen LogP contribution is -1.98. The van der Waals surface area contributed by atoms with Crippen LogP contribution in [0.4, 0.5) is 11.4 Å². The zero-order valence-corrected chi connectivity index (χ0v) is 10.3. The molecule has 2 aromatic carbocycles. The summed E-state index contributed by atoms with van der Waals surface area (Å²) in [4.78, 5) is 10.9. The molecule has 5 nitrogen and oxygen atoms in total. The lowest BCUT2D eigenvalue weighted by atomic mass is 10.1. The largest absolute Gasteiger partial charge is 0.507 e. The normalized spacial score (nSPS) is 9.95. The van der Waals surface area contributed by atoms with Crippen molar-refractivity contribution >= 4 is 17.3 Å². The molecular formula is C14H13NO4. The highest BCUT2D eigenvalue weighted by atomic mass is 16.5. The van der Waals surface area contributed by atoms with Crippen molar-refractivity contribution in [3.05, 3.63) is 48.0 Å². The Hall–Kier alpha value is -2.69. The number of phenols is 1. The summed E-state index contributed by atoms with van der Waals surface area (Å²) in [5.74, 6) is -0.689. The quantitative estimate of drug-likeness (QED) is 0.736. The number of carboxylic acids is 1. The molecule has 0 saturated carbocycles. The van der Waals surface area contributed by atoms with Crippen LogP contribution in [0.3, 0.4) is 0 Å². The zero-order chi connectivity index (χ0) is 13.8. The maximum Gasteiger partial charge on any atom is 0.339 e. The van der Waals surface area contributed by atoms with Crippen molar-refractivity contribution in [3.63, 3.8) is 0 Å². The average molecular weight is 259 g/mol. The number of carboxylic acid groups (broad SMARTS) is 1. The third-order valence-electron chi connectivity index (χ3n) is 2.61. The molecule has 0 saturated heterocycles. The Balaban J connectivity index is 2.22. The van der Waals surface area contributed by atoms with E-state index in [9.17, 15) is 9.90 Å². The summed E-state index contributed by atoms with van der Waals surface area (Å²) in [5, 5.41) is 21.4. The first-order valence-electron chi connectivity index (χ1n) is 5.57. The maximum absolute atomic E-state index is 10.9. The van der Waals surface area contributed by atoms with Crippen LogP contribution in [0.2, 0.25) is 0 Å². The molecule has 19 heavy (non-hydrogen) atoms. The second kappa shape index (κ2) is 5.30. The highest BCUT2D eigenvalue weighted by Gasteiger charge is 2.10. The number of aromatic hydroxyl groups is 1. The number of benzene rings is 2. The van der Waals surface area contributed by atoms with Crippen LogP contribution >= 0.6 is 0 Å². The van der Waals surface area contributed by atoms with Crippen LogP contribution in [0.5, 0.6) is 11.5 Å². The van der Waals surface area contributed by atoms with Crippen molar-refractivity contribution in [2.24, 2.45) is 0 Å². The van der Waals surface area contributed by atoms with Crippen LogP contribution in [0.1, 0.15) is 10.4 Å². The minimum absolute atomic E-state index is 0.140. The molecule has 0 aromatic heterocycles. The second-order valence-electron chi connectivity index (χ2n) is 3.89. The molecular weight excluding hydrogens is 246 g/mol. The van der Waals surface area contributed by atoms with Gasteiger partial charge in [-0.05, 0) is 42.5 Å². The van der Waals surface area contributed by atoms with E-state index >= 15 is 0 Å². The Morgan fingerprint density at radius 2 is 1.74 bits per heavy atom. The van der Waals surface area contributed by atoms with Crippen molar-refractivity contribution in [1.29, 1.82) is 0 Å². The average Bonchev–Trinajstić information content (AvgIpc) is 2.41. The smallest absolute Gasteiger partial charge is 0.339 e. The summed E-state index contributed by atoms with van der Waals surface area (Å²) >= 11 is 0. The fourth-order valence-electron chi connectivity index (χ4n) is 1.63. The van der Waals surface area contributed by atoms with E-state index in [1.165, 1.54) is 12.1 Å². The third-order valence-corrected chi connectivity index (χ3v) is 2.61. The van der Waals surface area contributed by atoms with Crippen molar-refractivity contribution < 1.29 is 19.7 Å². The number of hydrogen-bond acceptors (Lipinski definition) is 4. The van der Waals surface area contributed by atoms with E-state index in [1.807, 2.05) is 12.1 Å². The molecule has 3 N–H and O–H groups in total. The topological polar surface area (TPSA) is 78.8 Å². The molecule has 5 heteroatoms. The minimum Gasteiger partial charge on any atom is -0.507 e. The number of ether oxygens (including phenoxy) is 1. The number of carbonyl (C=O) groups is 1. The summed E-state index contributed by atoms with van der Waals surface area (Å²) in [6.07, 6.45) is 0. The highest BCUT2D eigenvalue weighted by molar-refractivity contribution is 5.92. The molecule has 0 unspecified atom stereocenters. The van der Waals surface area contributed by atoms with Crippen molar-refractivity contribution in [3.8, 4) is 11.5 Å². The molecule has 0 bridgehead atoms. The van der Waals surface area contributed by atoms with Crippen LogP contribution in [-0.4, -0.2) is 23.3 Å². The molecule has 0 radical (unpaired) electrons. The maximum atomic E-state index is 10.9. The number of rotatable bonds is 4. The third kappa shape index (κ3) is 2.95. The Morgan fingerprint density at radius 3 is 2.32 bits per heavy atom. The number of anilines is 2. The molecule has 0 heterocycles. The Morgan fingerprint density at radius 1 is 1.11 bits per heavy atom. The van der Waals surface area contributed by atoms with E-state index < -0.39 is 5.97 Å². The predicted octanol–water partition coefficient (Wildman–Crippen LogP) is 2.84. The molecule has 2 aromatic rings. The first-order valence-corrected chi connectivity index (χ1v) is 5.57. The van der Waals surface area contributed by atoms with Gasteiger partial charge in [0.15, 0.2) is 0 Å².